The molecule has 3 rings (SSSR count). The Kier molecular flexibility index (Phi) is 3.92. The number of rotatable bonds is 3. The van der Waals surface area contributed by atoms with E-state index in [0.29, 0.717) is 0 Å². The Morgan fingerprint density at radius 1 is 1.17 bits per heavy atom. The van der Waals surface area contributed by atoms with Crippen LogP contribution in [0.3, 0.4) is 0 Å². The van der Waals surface area contributed by atoms with Crippen LogP contribution in [-0.4, -0.2) is 61.2 Å². The van der Waals surface area contributed by atoms with Gasteiger partial charge in [0.25, 0.3) is 0 Å². The zero-order valence-electron chi connectivity index (χ0n) is 12.1. The van der Waals surface area contributed by atoms with Crippen molar-refractivity contribution >= 4 is 0 Å². The van der Waals surface area contributed by atoms with Crippen LogP contribution in [0.15, 0.2) is 0 Å². The van der Waals surface area contributed by atoms with Gasteiger partial charge in [0.1, 0.15) is 0 Å². The van der Waals surface area contributed by atoms with Crippen LogP contribution in [0.25, 0.3) is 0 Å². The van der Waals surface area contributed by atoms with Gasteiger partial charge in [-0.3, -0.25) is 4.90 Å². The molecule has 3 unspecified atom stereocenters. The molecule has 3 nitrogen and oxygen atoms in total. The van der Waals surface area contributed by atoms with Crippen molar-refractivity contribution in [2.24, 2.45) is 5.92 Å². The van der Waals surface area contributed by atoms with Crippen LogP contribution in [0.5, 0.6) is 0 Å². The molecule has 2 aliphatic heterocycles. The second kappa shape index (κ2) is 5.48. The molecule has 3 fully saturated rings. The first-order chi connectivity index (χ1) is 8.78. The van der Waals surface area contributed by atoms with Gasteiger partial charge in [-0.1, -0.05) is 6.92 Å². The van der Waals surface area contributed by atoms with Crippen molar-refractivity contribution in [1.29, 1.82) is 0 Å². The van der Waals surface area contributed by atoms with E-state index in [1.165, 1.54) is 58.3 Å². The Labute approximate surface area is 112 Å². The summed E-state index contributed by atoms with van der Waals surface area (Å²) in [4.78, 5) is 5.38. The maximum absolute atomic E-state index is 3.81. The van der Waals surface area contributed by atoms with E-state index in [2.05, 4.69) is 29.1 Å². The summed E-state index contributed by atoms with van der Waals surface area (Å²) in [6.07, 6.45) is 7.03. The molecular formula is C15H29N3. The molecule has 0 aromatic rings. The summed E-state index contributed by atoms with van der Waals surface area (Å²) < 4.78 is 0. The highest BCUT2D eigenvalue weighted by Gasteiger charge is 2.39. The fourth-order valence-corrected chi connectivity index (χ4v) is 3.90. The van der Waals surface area contributed by atoms with Gasteiger partial charge in [0.2, 0.25) is 0 Å². The predicted molar refractivity (Wildman–Crippen MR) is 75.8 cm³/mol. The number of hydrogen-bond acceptors (Lipinski definition) is 3. The number of nitrogens with zero attached hydrogens (tertiary/aromatic N) is 2. The van der Waals surface area contributed by atoms with Crippen LogP contribution in [0.2, 0.25) is 0 Å². The molecule has 104 valence electrons. The largest absolute Gasteiger partial charge is 0.311 e. The second-order valence-corrected chi connectivity index (χ2v) is 6.67. The SMILES string of the molecule is CCC1CNC(C2CC2)CN1C1CCCN(C)C1. The van der Waals surface area contributed by atoms with E-state index in [-0.39, 0.29) is 0 Å². The first-order valence-corrected chi connectivity index (χ1v) is 7.95. The molecule has 1 saturated carbocycles. The zero-order valence-corrected chi connectivity index (χ0v) is 12.1. The van der Waals surface area contributed by atoms with Crippen molar-refractivity contribution in [3.05, 3.63) is 0 Å². The van der Waals surface area contributed by atoms with Gasteiger partial charge >= 0.3 is 0 Å². The van der Waals surface area contributed by atoms with E-state index in [1.54, 1.807) is 0 Å². The molecular weight excluding hydrogens is 222 g/mol. The Bertz CT molecular complexity index is 277. The van der Waals surface area contributed by atoms with Gasteiger partial charge in [-0.25, -0.2) is 0 Å². The lowest BCUT2D eigenvalue weighted by atomic mass is 9.97. The van der Waals surface area contributed by atoms with Crippen LogP contribution in [-0.2, 0) is 0 Å². The summed E-state index contributed by atoms with van der Waals surface area (Å²) >= 11 is 0. The highest BCUT2D eigenvalue weighted by atomic mass is 15.3. The molecule has 1 N–H and O–H groups in total. The summed E-state index contributed by atoms with van der Waals surface area (Å²) in [6.45, 7) is 7.46. The molecule has 1 aliphatic carbocycles. The minimum Gasteiger partial charge on any atom is -0.311 e. The fraction of sp³-hybridized carbons (Fsp3) is 1.00. The summed E-state index contributed by atoms with van der Waals surface area (Å²) in [7, 11) is 2.29. The first-order valence-electron chi connectivity index (χ1n) is 7.95. The zero-order chi connectivity index (χ0) is 12.5. The van der Waals surface area contributed by atoms with E-state index < -0.39 is 0 Å². The van der Waals surface area contributed by atoms with E-state index in [9.17, 15) is 0 Å². The molecule has 3 aliphatic rings. The summed E-state index contributed by atoms with van der Waals surface area (Å²) in [6, 6.07) is 2.38. The van der Waals surface area contributed by atoms with Gasteiger partial charge in [-0.2, -0.15) is 0 Å². The molecule has 0 amide bonds. The van der Waals surface area contributed by atoms with Gasteiger partial charge < -0.3 is 10.2 Å². The third-order valence-electron chi connectivity index (χ3n) is 5.22. The highest BCUT2D eigenvalue weighted by molar-refractivity contribution is 4.97. The number of piperidine rings is 1. The molecule has 18 heavy (non-hydrogen) atoms. The first kappa shape index (κ1) is 12.9. The number of hydrogen-bond donors (Lipinski definition) is 1. The van der Waals surface area contributed by atoms with Crippen molar-refractivity contribution in [3.8, 4) is 0 Å². The number of piperazine rings is 1. The molecule has 0 spiro atoms. The van der Waals surface area contributed by atoms with E-state index in [0.717, 1.165) is 24.0 Å². The lowest BCUT2D eigenvalue weighted by molar-refractivity contribution is 0.0367. The van der Waals surface area contributed by atoms with Crippen molar-refractivity contribution < 1.29 is 0 Å². The lowest BCUT2D eigenvalue weighted by Crippen LogP contribution is -2.62. The Morgan fingerprint density at radius 3 is 2.67 bits per heavy atom. The average Bonchev–Trinajstić information content (AvgIpc) is 3.22. The quantitative estimate of drug-likeness (QED) is 0.821. The van der Waals surface area contributed by atoms with Gasteiger partial charge in [-0.15, -0.1) is 0 Å². The van der Waals surface area contributed by atoms with Crippen LogP contribution in [0, 0.1) is 5.92 Å². The Balaban J connectivity index is 1.64. The second-order valence-electron chi connectivity index (χ2n) is 6.67. The van der Waals surface area contributed by atoms with E-state index >= 15 is 0 Å². The van der Waals surface area contributed by atoms with Crippen molar-refractivity contribution in [3.63, 3.8) is 0 Å². The van der Waals surface area contributed by atoms with Crippen LogP contribution >= 0.6 is 0 Å². The topological polar surface area (TPSA) is 18.5 Å². The van der Waals surface area contributed by atoms with E-state index in [4.69, 9.17) is 0 Å². The monoisotopic (exact) mass is 251 g/mol. The van der Waals surface area contributed by atoms with Crippen LogP contribution in [0.4, 0.5) is 0 Å². The average molecular weight is 251 g/mol. The molecule has 3 heteroatoms. The van der Waals surface area contributed by atoms with Gasteiger partial charge in [0, 0.05) is 37.8 Å². The van der Waals surface area contributed by atoms with Crippen molar-refractivity contribution in [2.45, 2.75) is 57.2 Å². The summed E-state index contributed by atoms with van der Waals surface area (Å²) in [5, 5.41) is 3.81. The maximum atomic E-state index is 3.81. The number of likely N-dealkylation sites (N-methyl/N-ethyl adjacent to an activating group) is 1. The smallest absolute Gasteiger partial charge is 0.0227 e. The maximum Gasteiger partial charge on any atom is 0.0227 e. The van der Waals surface area contributed by atoms with Gasteiger partial charge in [0.15, 0.2) is 0 Å². The predicted octanol–water partition coefficient (Wildman–Crippen LogP) is 1.54. The minimum atomic E-state index is 0.775. The highest BCUT2D eigenvalue weighted by Crippen LogP contribution is 2.35. The summed E-state index contributed by atoms with van der Waals surface area (Å²) in [5.41, 5.74) is 0. The van der Waals surface area contributed by atoms with Crippen LogP contribution in [0.1, 0.15) is 39.0 Å². The molecule has 3 atom stereocenters. The third kappa shape index (κ3) is 2.73. The van der Waals surface area contributed by atoms with Crippen LogP contribution < -0.4 is 5.32 Å². The summed E-state index contributed by atoms with van der Waals surface area (Å²) in [5.74, 6) is 0.992. The molecule has 0 radical (unpaired) electrons. The molecule has 0 aromatic heterocycles. The number of nitrogens with one attached hydrogen (secondary N) is 1. The Hall–Kier alpha value is -0.120. The van der Waals surface area contributed by atoms with Crippen molar-refractivity contribution in [1.82, 2.24) is 15.1 Å². The Morgan fingerprint density at radius 2 is 2.00 bits per heavy atom. The lowest BCUT2D eigenvalue weighted by Gasteiger charge is -2.47. The number of likely N-dealkylation sites (tertiary alicyclic amines) is 1. The molecule has 2 saturated heterocycles. The van der Waals surface area contributed by atoms with Crippen molar-refractivity contribution in [2.75, 3.05) is 33.2 Å². The minimum absolute atomic E-state index is 0.775. The van der Waals surface area contributed by atoms with Gasteiger partial charge in [-0.05, 0) is 51.6 Å². The van der Waals surface area contributed by atoms with E-state index in [1.807, 2.05) is 0 Å². The fourth-order valence-electron chi connectivity index (χ4n) is 3.90. The normalized spacial score (nSPS) is 40.0. The molecule has 0 bridgehead atoms. The molecule has 0 aromatic carbocycles. The third-order valence-corrected chi connectivity index (χ3v) is 5.22. The standard InChI is InChI=1S/C15H29N3/c1-3-13-9-16-15(12-6-7-12)11-18(13)14-5-4-8-17(2)10-14/h12-16H,3-11H2,1-2H3. The van der Waals surface area contributed by atoms with Gasteiger partial charge in [0.05, 0.1) is 0 Å². The molecule has 2 heterocycles.